The molecular weight excluding hydrogens is 378 g/mol. The maximum Gasteiger partial charge on any atom is 0.262 e. The molecular formula is C24H29N3O3. The number of hydrogen-bond acceptors (Lipinski definition) is 4. The summed E-state index contributed by atoms with van der Waals surface area (Å²) in [7, 11) is 0. The molecule has 158 valence electrons. The highest BCUT2D eigenvalue weighted by atomic mass is 16.5. The van der Waals surface area contributed by atoms with Gasteiger partial charge in [0.2, 0.25) is 0 Å². The second-order valence-electron chi connectivity index (χ2n) is 8.64. The van der Waals surface area contributed by atoms with Gasteiger partial charge in [-0.1, -0.05) is 38.1 Å². The highest BCUT2D eigenvalue weighted by Gasteiger charge is 2.22. The van der Waals surface area contributed by atoms with Gasteiger partial charge in [-0.25, -0.2) is 0 Å². The van der Waals surface area contributed by atoms with Crippen molar-refractivity contribution in [2.24, 2.45) is 11.8 Å². The van der Waals surface area contributed by atoms with Gasteiger partial charge in [-0.3, -0.25) is 14.5 Å². The minimum Gasteiger partial charge on any atom is -0.482 e. The highest BCUT2D eigenvalue weighted by molar-refractivity contribution is 5.98. The Morgan fingerprint density at radius 3 is 2.63 bits per heavy atom. The van der Waals surface area contributed by atoms with E-state index in [2.05, 4.69) is 47.6 Å². The Kier molecular flexibility index (Phi) is 6.04. The summed E-state index contributed by atoms with van der Waals surface area (Å²) in [5, 5.41) is 5.76. The first-order valence-corrected chi connectivity index (χ1v) is 10.6. The molecule has 2 aromatic rings. The Morgan fingerprint density at radius 1 is 1.13 bits per heavy atom. The van der Waals surface area contributed by atoms with Gasteiger partial charge < -0.3 is 15.4 Å². The number of carbonyl (C=O) groups is 2. The molecule has 2 aliphatic heterocycles. The Balaban J connectivity index is 1.40. The van der Waals surface area contributed by atoms with Crippen LogP contribution in [-0.2, 0) is 17.9 Å². The number of nitrogens with zero attached hydrogens (tertiary/aromatic N) is 1. The van der Waals surface area contributed by atoms with Gasteiger partial charge in [-0.05, 0) is 47.6 Å². The first-order valence-electron chi connectivity index (χ1n) is 10.6. The third kappa shape index (κ3) is 4.82. The number of ether oxygens (including phenoxy) is 1. The van der Waals surface area contributed by atoms with Gasteiger partial charge in [0.15, 0.2) is 6.61 Å². The SMILES string of the molecule is C[C@H]1C[C@H](C)CN(Cc2ccccc2CNC(=O)c2ccc3c(c2)OCC(=O)N3)C1. The van der Waals surface area contributed by atoms with Crippen molar-refractivity contribution < 1.29 is 14.3 Å². The van der Waals surface area contributed by atoms with Gasteiger partial charge in [-0.15, -0.1) is 0 Å². The lowest BCUT2D eigenvalue weighted by molar-refractivity contribution is -0.118. The lowest BCUT2D eigenvalue weighted by Crippen LogP contribution is -2.38. The van der Waals surface area contributed by atoms with Gasteiger partial charge in [0.25, 0.3) is 11.8 Å². The van der Waals surface area contributed by atoms with E-state index in [1.54, 1.807) is 18.2 Å². The fourth-order valence-electron chi connectivity index (χ4n) is 4.54. The predicted molar refractivity (Wildman–Crippen MR) is 116 cm³/mol. The van der Waals surface area contributed by atoms with Crippen molar-refractivity contribution >= 4 is 17.5 Å². The van der Waals surface area contributed by atoms with Crippen molar-refractivity contribution in [1.82, 2.24) is 10.2 Å². The minimum atomic E-state index is -0.186. The van der Waals surface area contributed by atoms with Crippen molar-refractivity contribution in [3.63, 3.8) is 0 Å². The molecule has 0 saturated carbocycles. The van der Waals surface area contributed by atoms with E-state index in [9.17, 15) is 9.59 Å². The van der Waals surface area contributed by atoms with Crippen LogP contribution in [0.15, 0.2) is 42.5 Å². The molecule has 0 bridgehead atoms. The van der Waals surface area contributed by atoms with E-state index >= 15 is 0 Å². The lowest BCUT2D eigenvalue weighted by atomic mass is 9.91. The Hall–Kier alpha value is -2.86. The van der Waals surface area contributed by atoms with Gasteiger partial charge in [0.05, 0.1) is 5.69 Å². The van der Waals surface area contributed by atoms with Crippen LogP contribution >= 0.6 is 0 Å². The van der Waals surface area contributed by atoms with Crippen LogP contribution in [0, 0.1) is 11.8 Å². The van der Waals surface area contributed by atoms with Crippen LogP contribution < -0.4 is 15.4 Å². The van der Waals surface area contributed by atoms with E-state index in [0.29, 0.717) is 23.5 Å². The normalized spacial score (nSPS) is 21.3. The molecule has 30 heavy (non-hydrogen) atoms. The molecule has 4 rings (SSSR count). The molecule has 6 nitrogen and oxygen atoms in total. The molecule has 2 aliphatic rings. The summed E-state index contributed by atoms with van der Waals surface area (Å²) in [6.45, 7) is 8.24. The van der Waals surface area contributed by atoms with Gasteiger partial charge in [0.1, 0.15) is 5.75 Å². The molecule has 6 heteroatoms. The molecule has 0 radical (unpaired) electrons. The molecule has 2 N–H and O–H groups in total. The van der Waals surface area contributed by atoms with E-state index in [0.717, 1.165) is 37.0 Å². The Morgan fingerprint density at radius 2 is 1.87 bits per heavy atom. The number of likely N-dealkylation sites (tertiary alicyclic amines) is 1. The topological polar surface area (TPSA) is 70.7 Å². The smallest absolute Gasteiger partial charge is 0.262 e. The van der Waals surface area contributed by atoms with Crippen molar-refractivity contribution in [3.8, 4) is 5.75 Å². The maximum absolute atomic E-state index is 12.7. The van der Waals surface area contributed by atoms with Crippen molar-refractivity contribution in [2.75, 3.05) is 25.0 Å². The molecule has 2 aromatic carbocycles. The van der Waals surface area contributed by atoms with Crippen LogP contribution in [0.5, 0.6) is 5.75 Å². The Labute approximate surface area is 177 Å². The summed E-state index contributed by atoms with van der Waals surface area (Å²) in [5.74, 6) is 1.62. The van der Waals surface area contributed by atoms with Crippen molar-refractivity contribution in [2.45, 2.75) is 33.4 Å². The second kappa shape index (κ2) is 8.88. The number of carbonyl (C=O) groups excluding carboxylic acids is 2. The summed E-state index contributed by atoms with van der Waals surface area (Å²) >= 11 is 0. The average Bonchev–Trinajstić information content (AvgIpc) is 2.71. The molecule has 1 fully saturated rings. The summed E-state index contributed by atoms with van der Waals surface area (Å²) in [6.07, 6.45) is 1.29. The molecule has 0 unspecified atom stereocenters. The number of hydrogen-bond donors (Lipinski definition) is 2. The van der Waals surface area contributed by atoms with E-state index < -0.39 is 0 Å². The second-order valence-corrected chi connectivity index (χ2v) is 8.64. The molecule has 1 saturated heterocycles. The molecule has 0 aliphatic carbocycles. The molecule has 2 heterocycles. The highest BCUT2D eigenvalue weighted by Crippen LogP contribution is 2.28. The predicted octanol–water partition coefficient (Wildman–Crippen LogP) is 3.43. The zero-order valence-corrected chi connectivity index (χ0v) is 17.6. The summed E-state index contributed by atoms with van der Waals surface area (Å²) in [4.78, 5) is 26.6. The summed E-state index contributed by atoms with van der Waals surface area (Å²) in [5.41, 5.74) is 3.51. The monoisotopic (exact) mass is 407 g/mol. The van der Waals surface area contributed by atoms with Gasteiger partial charge in [0, 0.05) is 31.7 Å². The summed E-state index contributed by atoms with van der Waals surface area (Å²) in [6, 6.07) is 13.4. The minimum absolute atomic E-state index is 0.0286. The number of benzene rings is 2. The zero-order valence-electron chi connectivity index (χ0n) is 17.6. The molecule has 0 aromatic heterocycles. The van der Waals surface area contributed by atoms with E-state index in [4.69, 9.17) is 4.74 Å². The van der Waals surface area contributed by atoms with Crippen LogP contribution in [0.2, 0.25) is 0 Å². The van der Waals surface area contributed by atoms with Crippen molar-refractivity contribution in [3.05, 3.63) is 59.2 Å². The molecule has 2 atom stereocenters. The fourth-order valence-corrected chi connectivity index (χ4v) is 4.54. The average molecular weight is 408 g/mol. The van der Waals surface area contributed by atoms with Crippen LogP contribution in [-0.4, -0.2) is 36.4 Å². The van der Waals surface area contributed by atoms with Crippen LogP contribution in [0.3, 0.4) is 0 Å². The zero-order chi connectivity index (χ0) is 21.1. The number of fused-ring (bicyclic) bond motifs is 1. The standard InChI is InChI=1S/C24H29N3O3/c1-16-9-17(2)13-27(12-16)14-20-6-4-3-5-19(20)11-25-24(29)18-7-8-21-22(10-18)30-15-23(28)26-21/h3-8,10,16-17H,9,11-15H2,1-2H3,(H,25,29)(H,26,28)/t16-,17-/m0/s1. The lowest BCUT2D eigenvalue weighted by Gasteiger charge is -2.35. The van der Waals surface area contributed by atoms with E-state index in [1.165, 1.54) is 12.0 Å². The Bertz CT molecular complexity index is 933. The molecule has 2 amide bonds. The van der Waals surface area contributed by atoms with Crippen LogP contribution in [0.25, 0.3) is 0 Å². The number of anilines is 1. The first kappa shape index (κ1) is 20.4. The third-order valence-corrected chi connectivity index (χ3v) is 5.77. The number of amides is 2. The van der Waals surface area contributed by atoms with Gasteiger partial charge >= 0.3 is 0 Å². The van der Waals surface area contributed by atoms with Crippen LogP contribution in [0.4, 0.5) is 5.69 Å². The largest absolute Gasteiger partial charge is 0.482 e. The number of piperidine rings is 1. The third-order valence-electron chi connectivity index (χ3n) is 5.77. The van der Waals surface area contributed by atoms with E-state index in [-0.39, 0.29) is 18.4 Å². The molecule has 0 spiro atoms. The van der Waals surface area contributed by atoms with Gasteiger partial charge in [-0.2, -0.15) is 0 Å². The quantitative estimate of drug-likeness (QED) is 0.797. The fraction of sp³-hybridized carbons (Fsp3) is 0.417. The number of nitrogens with one attached hydrogen (secondary N) is 2. The number of rotatable bonds is 5. The first-order chi connectivity index (χ1) is 14.5. The summed E-state index contributed by atoms with van der Waals surface area (Å²) < 4.78 is 5.41. The van der Waals surface area contributed by atoms with Crippen LogP contribution in [0.1, 0.15) is 41.8 Å². The van der Waals surface area contributed by atoms with E-state index in [1.807, 2.05) is 6.07 Å². The van der Waals surface area contributed by atoms with Crippen molar-refractivity contribution in [1.29, 1.82) is 0 Å². The maximum atomic E-state index is 12.7.